The van der Waals surface area contributed by atoms with Crippen LogP contribution in [0.4, 0.5) is 15.8 Å². The van der Waals surface area contributed by atoms with E-state index >= 15 is 0 Å². The van der Waals surface area contributed by atoms with E-state index in [2.05, 4.69) is 0 Å². The van der Waals surface area contributed by atoms with Gasteiger partial charge in [-0.15, -0.1) is 0 Å². The Kier molecular flexibility index (Phi) is 4.09. The first kappa shape index (κ1) is 14.8. The van der Waals surface area contributed by atoms with Crippen molar-refractivity contribution in [2.45, 2.75) is 13.1 Å². The highest BCUT2D eigenvalue weighted by atomic mass is 19.1. The number of nitro groups is 1. The molecule has 0 aliphatic rings. The van der Waals surface area contributed by atoms with Crippen LogP contribution < -0.4 is 4.90 Å². The molecule has 7 heteroatoms. The van der Waals surface area contributed by atoms with E-state index in [1.54, 1.807) is 29.2 Å². The Balaban J connectivity index is 1.98. The fraction of sp³-hybridized carbons (Fsp3) is 0.125. The number of furan rings is 2. The van der Waals surface area contributed by atoms with E-state index in [9.17, 15) is 14.5 Å². The zero-order valence-electron chi connectivity index (χ0n) is 12.0. The molecule has 0 saturated heterocycles. The molecule has 3 aromatic rings. The van der Waals surface area contributed by atoms with Crippen LogP contribution in [0, 0.1) is 15.9 Å². The molecule has 23 heavy (non-hydrogen) atoms. The lowest BCUT2D eigenvalue weighted by Crippen LogP contribution is -2.22. The summed E-state index contributed by atoms with van der Waals surface area (Å²) in [5, 5.41) is 11.2. The number of halogens is 1. The maximum atomic E-state index is 13.4. The first-order chi connectivity index (χ1) is 11.1. The monoisotopic (exact) mass is 316 g/mol. The molecule has 0 saturated carbocycles. The molecular weight excluding hydrogens is 303 g/mol. The predicted octanol–water partition coefficient (Wildman–Crippen LogP) is 4.13. The van der Waals surface area contributed by atoms with Gasteiger partial charge >= 0.3 is 0 Å². The van der Waals surface area contributed by atoms with Crippen molar-refractivity contribution in [2.24, 2.45) is 0 Å². The van der Waals surface area contributed by atoms with Crippen molar-refractivity contribution in [3.63, 3.8) is 0 Å². The van der Waals surface area contributed by atoms with Gasteiger partial charge in [-0.25, -0.2) is 4.39 Å². The molecule has 0 amide bonds. The van der Waals surface area contributed by atoms with Crippen LogP contribution in [0.5, 0.6) is 0 Å². The Morgan fingerprint density at radius 1 is 1.04 bits per heavy atom. The zero-order valence-corrected chi connectivity index (χ0v) is 12.0. The van der Waals surface area contributed by atoms with Crippen LogP contribution in [-0.2, 0) is 13.1 Å². The lowest BCUT2D eigenvalue weighted by Gasteiger charge is -2.22. The third kappa shape index (κ3) is 3.39. The van der Waals surface area contributed by atoms with E-state index in [4.69, 9.17) is 8.83 Å². The highest BCUT2D eigenvalue weighted by molar-refractivity contribution is 5.63. The number of anilines is 1. The molecule has 2 aromatic heterocycles. The summed E-state index contributed by atoms with van der Waals surface area (Å²) < 4.78 is 24.0. The lowest BCUT2D eigenvalue weighted by molar-refractivity contribution is -0.384. The van der Waals surface area contributed by atoms with Crippen molar-refractivity contribution in [1.29, 1.82) is 0 Å². The number of hydrogen-bond donors (Lipinski definition) is 0. The predicted molar refractivity (Wildman–Crippen MR) is 80.4 cm³/mol. The molecular formula is C16H13FN2O4. The van der Waals surface area contributed by atoms with Gasteiger partial charge in [0.25, 0.3) is 5.69 Å². The quantitative estimate of drug-likeness (QED) is 0.505. The van der Waals surface area contributed by atoms with Crippen LogP contribution in [0.15, 0.2) is 63.8 Å². The van der Waals surface area contributed by atoms with Gasteiger partial charge < -0.3 is 13.7 Å². The first-order valence-electron chi connectivity index (χ1n) is 6.87. The molecule has 0 aliphatic carbocycles. The topological polar surface area (TPSA) is 72.7 Å². The van der Waals surface area contributed by atoms with Crippen LogP contribution in [0.25, 0.3) is 0 Å². The van der Waals surface area contributed by atoms with Gasteiger partial charge in [0.15, 0.2) is 0 Å². The molecule has 0 bridgehead atoms. The Morgan fingerprint density at radius 3 is 2.13 bits per heavy atom. The summed E-state index contributed by atoms with van der Waals surface area (Å²) in [4.78, 5) is 12.4. The van der Waals surface area contributed by atoms with Crippen molar-refractivity contribution in [2.75, 3.05) is 4.90 Å². The fourth-order valence-electron chi connectivity index (χ4n) is 2.32. The van der Waals surface area contributed by atoms with Crippen molar-refractivity contribution >= 4 is 11.4 Å². The summed E-state index contributed by atoms with van der Waals surface area (Å²) >= 11 is 0. The number of hydrogen-bond acceptors (Lipinski definition) is 5. The molecule has 3 rings (SSSR count). The Hall–Kier alpha value is -3.09. The summed E-state index contributed by atoms with van der Waals surface area (Å²) in [5.74, 6) is 0.613. The average Bonchev–Trinajstić information content (AvgIpc) is 3.20. The van der Waals surface area contributed by atoms with Gasteiger partial charge in [-0.05, 0) is 36.4 Å². The van der Waals surface area contributed by atoms with Crippen molar-refractivity contribution in [3.05, 3.63) is 82.4 Å². The second-order valence-corrected chi connectivity index (χ2v) is 4.90. The van der Waals surface area contributed by atoms with Crippen molar-refractivity contribution in [3.8, 4) is 0 Å². The van der Waals surface area contributed by atoms with Crippen LogP contribution in [0.3, 0.4) is 0 Å². The molecule has 0 unspecified atom stereocenters. The first-order valence-corrected chi connectivity index (χ1v) is 6.87. The van der Waals surface area contributed by atoms with Crippen LogP contribution in [0.2, 0.25) is 0 Å². The summed E-state index contributed by atoms with van der Waals surface area (Å²) in [5.41, 5.74) is -0.00712. The van der Waals surface area contributed by atoms with Gasteiger partial charge in [-0.2, -0.15) is 0 Å². The highest BCUT2D eigenvalue weighted by Crippen LogP contribution is 2.31. The van der Waals surface area contributed by atoms with E-state index in [0.29, 0.717) is 30.3 Å². The van der Waals surface area contributed by atoms with Gasteiger partial charge in [-0.1, -0.05) is 0 Å². The van der Waals surface area contributed by atoms with Gasteiger partial charge in [0, 0.05) is 0 Å². The lowest BCUT2D eigenvalue weighted by atomic mass is 10.2. The van der Waals surface area contributed by atoms with E-state index in [0.717, 1.165) is 6.07 Å². The number of rotatable bonds is 6. The molecule has 118 valence electrons. The van der Waals surface area contributed by atoms with E-state index in [1.165, 1.54) is 24.7 Å². The molecule has 0 radical (unpaired) electrons. The normalized spacial score (nSPS) is 10.7. The molecule has 0 fully saturated rings. The number of nitro benzene ring substituents is 1. The maximum Gasteiger partial charge on any atom is 0.295 e. The summed E-state index contributed by atoms with van der Waals surface area (Å²) in [6.45, 7) is 0.584. The van der Waals surface area contributed by atoms with Crippen LogP contribution in [-0.4, -0.2) is 4.92 Å². The number of nitrogens with zero attached hydrogens (tertiary/aromatic N) is 2. The molecule has 0 spiro atoms. The molecule has 0 aliphatic heterocycles. The third-order valence-corrected chi connectivity index (χ3v) is 3.33. The van der Waals surface area contributed by atoms with Crippen molar-refractivity contribution < 1.29 is 18.1 Å². The van der Waals surface area contributed by atoms with Crippen LogP contribution >= 0.6 is 0 Å². The van der Waals surface area contributed by atoms with Crippen LogP contribution in [0.1, 0.15) is 11.5 Å². The minimum Gasteiger partial charge on any atom is -0.467 e. The summed E-state index contributed by atoms with van der Waals surface area (Å²) in [7, 11) is 0. The zero-order chi connectivity index (χ0) is 16.2. The second kappa shape index (κ2) is 6.35. The van der Waals surface area contributed by atoms with Gasteiger partial charge in [0.2, 0.25) is 0 Å². The molecule has 2 heterocycles. The molecule has 0 N–H and O–H groups in total. The third-order valence-electron chi connectivity index (χ3n) is 3.33. The average molecular weight is 316 g/mol. The molecule has 1 aromatic carbocycles. The van der Waals surface area contributed by atoms with E-state index < -0.39 is 10.7 Å². The SMILES string of the molecule is O=[N+]([O-])c1cc(F)ccc1N(Cc1ccco1)Cc1ccco1. The maximum absolute atomic E-state index is 13.4. The molecule has 0 atom stereocenters. The fourth-order valence-corrected chi connectivity index (χ4v) is 2.32. The van der Waals surface area contributed by atoms with E-state index in [-0.39, 0.29) is 5.69 Å². The molecule has 6 nitrogen and oxygen atoms in total. The summed E-state index contributed by atoms with van der Waals surface area (Å²) in [6, 6.07) is 10.5. The second-order valence-electron chi connectivity index (χ2n) is 4.90. The largest absolute Gasteiger partial charge is 0.467 e. The smallest absolute Gasteiger partial charge is 0.295 e. The van der Waals surface area contributed by atoms with Gasteiger partial charge in [0.1, 0.15) is 23.0 Å². The Morgan fingerprint density at radius 2 is 1.65 bits per heavy atom. The Labute approximate surface area is 130 Å². The number of benzene rings is 1. The minimum absolute atomic E-state index is 0.292. The van der Waals surface area contributed by atoms with Crippen molar-refractivity contribution in [1.82, 2.24) is 0 Å². The minimum atomic E-state index is -0.656. The van der Waals surface area contributed by atoms with E-state index in [1.807, 2.05) is 0 Å². The highest BCUT2D eigenvalue weighted by Gasteiger charge is 2.22. The Bertz CT molecular complexity index is 748. The van der Waals surface area contributed by atoms with Gasteiger partial charge in [0.05, 0.1) is 36.6 Å². The van der Waals surface area contributed by atoms with Gasteiger partial charge in [-0.3, -0.25) is 10.1 Å². The standard InChI is InChI=1S/C16H13FN2O4/c17-12-5-6-15(16(9-12)19(20)21)18(10-13-3-1-7-22-13)11-14-4-2-8-23-14/h1-9H,10-11H2. The summed E-state index contributed by atoms with van der Waals surface area (Å²) in [6.07, 6.45) is 3.05.